The van der Waals surface area contributed by atoms with E-state index in [2.05, 4.69) is 38.3 Å². The van der Waals surface area contributed by atoms with E-state index in [0.717, 1.165) is 73.7 Å². The molecular formula is C23H35N5O3. The van der Waals surface area contributed by atoms with Gasteiger partial charge in [0.2, 0.25) is 0 Å². The maximum atomic E-state index is 5.53. The molecule has 0 aliphatic carbocycles. The molecule has 3 rings (SSSR count). The van der Waals surface area contributed by atoms with Gasteiger partial charge >= 0.3 is 0 Å². The summed E-state index contributed by atoms with van der Waals surface area (Å²) in [7, 11) is 5.24. The van der Waals surface area contributed by atoms with Gasteiger partial charge in [-0.3, -0.25) is 9.89 Å². The van der Waals surface area contributed by atoms with Crippen LogP contribution < -0.4 is 14.8 Å². The molecule has 1 atom stereocenters. The van der Waals surface area contributed by atoms with Crippen molar-refractivity contribution in [2.24, 2.45) is 4.99 Å². The fourth-order valence-corrected chi connectivity index (χ4v) is 4.24. The van der Waals surface area contributed by atoms with E-state index in [1.165, 1.54) is 5.56 Å². The molecule has 8 heteroatoms. The highest BCUT2D eigenvalue weighted by Crippen LogP contribution is 2.26. The van der Waals surface area contributed by atoms with E-state index >= 15 is 0 Å². The normalized spacial score (nSPS) is 16.3. The molecular weight excluding hydrogens is 394 g/mol. The van der Waals surface area contributed by atoms with Gasteiger partial charge < -0.3 is 24.2 Å². The molecule has 1 unspecified atom stereocenters. The number of benzene rings is 1. The van der Waals surface area contributed by atoms with Crippen molar-refractivity contribution in [1.29, 1.82) is 0 Å². The fourth-order valence-electron chi connectivity index (χ4n) is 4.24. The molecule has 1 saturated heterocycles. The third-order valence-electron chi connectivity index (χ3n) is 5.91. The van der Waals surface area contributed by atoms with Gasteiger partial charge in [-0.05, 0) is 32.0 Å². The highest BCUT2D eigenvalue weighted by Gasteiger charge is 2.22. The largest absolute Gasteiger partial charge is 0.497 e. The monoisotopic (exact) mass is 429 g/mol. The number of aryl methyl sites for hydroxylation is 2. The number of hydrogen-bond donors (Lipinski definition) is 1. The van der Waals surface area contributed by atoms with Gasteiger partial charge in [-0.15, -0.1) is 0 Å². The van der Waals surface area contributed by atoms with Crippen molar-refractivity contribution in [3.05, 3.63) is 40.8 Å². The number of guanidine groups is 1. The molecule has 1 aliphatic heterocycles. The smallest absolute Gasteiger partial charge is 0.193 e. The summed E-state index contributed by atoms with van der Waals surface area (Å²) in [5, 5.41) is 7.61. The van der Waals surface area contributed by atoms with Gasteiger partial charge in [0, 0.05) is 63.4 Å². The summed E-state index contributed by atoms with van der Waals surface area (Å²) in [5.74, 6) is 3.88. The molecule has 0 amide bonds. The zero-order valence-corrected chi connectivity index (χ0v) is 19.6. The lowest BCUT2D eigenvalue weighted by molar-refractivity contribution is 0.171. The number of piperazine rings is 1. The number of ether oxygens (including phenoxy) is 2. The minimum atomic E-state index is 0.296. The summed E-state index contributed by atoms with van der Waals surface area (Å²) in [5.41, 5.74) is 3.29. The van der Waals surface area contributed by atoms with Crippen molar-refractivity contribution in [3.8, 4) is 11.5 Å². The van der Waals surface area contributed by atoms with E-state index < -0.39 is 0 Å². The molecule has 8 nitrogen and oxygen atoms in total. The predicted molar refractivity (Wildman–Crippen MR) is 122 cm³/mol. The SMILES string of the molecule is CN=C(NCC(C)c1c(C)noc1C)N1CCN(Cc2cc(OC)ccc2OC)CC1. The number of aromatic nitrogens is 1. The average Bonchev–Trinajstić information content (AvgIpc) is 3.13. The molecule has 2 aromatic rings. The van der Waals surface area contributed by atoms with Gasteiger partial charge in [0.15, 0.2) is 5.96 Å². The molecule has 1 fully saturated rings. The molecule has 170 valence electrons. The molecule has 0 spiro atoms. The second kappa shape index (κ2) is 10.5. The maximum absolute atomic E-state index is 5.53. The Balaban J connectivity index is 1.53. The molecule has 0 saturated carbocycles. The highest BCUT2D eigenvalue weighted by molar-refractivity contribution is 5.80. The Labute approximate surface area is 185 Å². The lowest BCUT2D eigenvalue weighted by atomic mass is 10.00. The molecule has 0 bridgehead atoms. The van der Waals surface area contributed by atoms with Crippen LogP contribution in [0.4, 0.5) is 0 Å². The number of nitrogens with one attached hydrogen (secondary N) is 1. The molecule has 1 aromatic heterocycles. The van der Waals surface area contributed by atoms with E-state index in [0.29, 0.717) is 5.92 Å². The Morgan fingerprint density at radius 3 is 2.52 bits per heavy atom. The summed E-state index contributed by atoms with van der Waals surface area (Å²) in [6.45, 7) is 11.5. The summed E-state index contributed by atoms with van der Waals surface area (Å²) < 4.78 is 16.2. The van der Waals surface area contributed by atoms with Crippen molar-refractivity contribution < 1.29 is 14.0 Å². The van der Waals surface area contributed by atoms with E-state index in [-0.39, 0.29) is 0 Å². The summed E-state index contributed by atoms with van der Waals surface area (Å²) >= 11 is 0. The number of rotatable bonds is 7. The van der Waals surface area contributed by atoms with Crippen LogP contribution in [0.3, 0.4) is 0 Å². The molecule has 1 aromatic carbocycles. The molecule has 2 heterocycles. The zero-order valence-electron chi connectivity index (χ0n) is 19.6. The first-order chi connectivity index (χ1) is 15.0. The van der Waals surface area contributed by atoms with E-state index in [1.807, 2.05) is 33.0 Å². The Kier molecular flexibility index (Phi) is 7.79. The van der Waals surface area contributed by atoms with Gasteiger partial charge in [0.25, 0.3) is 0 Å². The topological polar surface area (TPSA) is 75.4 Å². The van der Waals surface area contributed by atoms with Crippen LogP contribution in [0.15, 0.2) is 27.7 Å². The maximum Gasteiger partial charge on any atom is 0.193 e. The predicted octanol–water partition coefficient (Wildman–Crippen LogP) is 2.81. The van der Waals surface area contributed by atoms with Gasteiger partial charge in [-0.1, -0.05) is 12.1 Å². The minimum Gasteiger partial charge on any atom is -0.497 e. The van der Waals surface area contributed by atoms with Crippen LogP contribution in [0.1, 0.15) is 35.4 Å². The molecule has 1 aliphatic rings. The highest BCUT2D eigenvalue weighted by atomic mass is 16.5. The second-order valence-corrected chi connectivity index (χ2v) is 8.01. The standard InChI is InChI=1S/C23H35N5O3/c1-16(22-17(2)26-31-18(22)3)14-25-23(24-4)28-11-9-27(10-12-28)15-19-13-20(29-5)7-8-21(19)30-6/h7-8,13,16H,9-12,14-15H2,1-6H3,(H,24,25). The summed E-state index contributed by atoms with van der Waals surface area (Å²) in [4.78, 5) is 9.26. The van der Waals surface area contributed by atoms with Crippen LogP contribution in [0, 0.1) is 13.8 Å². The summed E-state index contributed by atoms with van der Waals surface area (Å²) in [6.07, 6.45) is 0. The number of aliphatic imine (C=N–C) groups is 1. The zero-order chi connectivity index (χ0) is 22.4. The second-order valence-electron chi connectivity index (χ2n) is 8.01. The number of nitrogens with zero attached hydrogens (tertiary/aromatic N) is 4. The van der Waals surface area contributed by atoms with Crippen LogP contribution in [0.25, 0.3) is 0 Å². The Hall–Kier alpha value is -2.74. The number of methoxy groups -OCH3 is 2. The van der Waals surface area contributed by atoms with E-state index in [1.54, 1.807) is 14.2 Å². The number of hydrogen-bond acceptors (Lipinski definition) is 6. The fraction of sp³-hybridized carbons (Fsp3) is 0.565. The van der Waals surface area contributed by atoms with E-state index in [9.17, 15) is 0 Å². The van der Waals surface area contributed by atoms with Gasteiger partial charge in [0.1, 0.15) is 17.3 Å². The summed E-state index contributed by atoms with van der Waals surface area (Å²) in [6, 6.07) is 5.96. The quantitative estimate of drug-likeness (QED) is 0.536. The Morgan fingerprint density at radius 1 is 1.19 bits per heavy atom. The first-order valence-corrected chi connectivity index (χ1v) is 10.8. The van der Waals surface area contributed by atoms with Gasteiger partial charge in [0.05, 0.1) is 19.9 Å². The lowest BCUT2D eigenvalue weighted by Gasteiger charge is -2.37. The van der Waals surface area contributed by atoms with Gasteiger partial charge in [-0.2, -0.15) is 0 Å². The first kappa shape index (κ1) is 22.9. The van der Waals surface area contributed by atoms with Crippen LogP contribution >= 0.6 is 0 Å². The Bertz CT molecular complexity index is 868. The third-order valence-corrected chi connectivity index (χ3v) is 5.91. The molecule has 0 radical (unpaired) electrons. The van der Waals surface area contributed by atoms with E-state index in [4.69, 9.17) is 14.0 Å². The van der Waals surface area contributed by atoms with Crippen LogP contribution in [-0.4, -0.2) is 74.9 Å². The van der Waals surface area contributed by atoms with Crippen molar-refractivity contribution in [1.82, 2.24) is 20.3 Å². The average molecular weight is 430 g/mol. The van der Waals surface area contributed by atoms with Crippen molar-refractivity contribution >= 4 is 5.96 Å². The lowest BCUT2D eigenvalue weighted by Crippen LogP contribution is -2.52. The first-order valence-electron chi connectivity index (χ1n) is 10.8. The van der Waals surface area contributed by atoms with Crippen LogP contribution in [-0.2, 0) is 6.54 Å². The van der Waals surface area contributed by atoms with Gasteiger partial charge in [-0.25, -0.2) is 0 Å². The minimum absolute atomic E-state index is 0.296. The third kappa shape index (κ3) is 5.50. The van der Waals surface area contributed by atoms with Crippen molar-refractivity contribution in [2.45, 2.75) is 33.2 Å². The van der Waals surface area contributed by atoms with Crippen LogP contribution in [0.2, 0.25) is 0 Å². The Morgan fingerprint density at radius 2 is 1.94 bits per heavy atom. The molecule has 1 N–H and O–H groups in total. The van der Waals surface area contributed by atoms with Crippen molar-refractivity contribution in [2.75, 3.05) is 54.0 Å². The van der Waals surface area contributed by atoms with Crippen LogP contribution in [0.5, 0.6) is 11.5 Å². The van der Waals surface area contributed by atoms with Crippen molar-refractivity contribution in [3.63, 3.8) is 0 Å². The molecule has 31 heavy (non-hydrogen) atoms.